The fourth-order valence-corrected chi connectivity index (χ4v) is 1.26. The maximum atomic E-state index is 11.5. The van der Waals surface area contributed by atoms with Crippen LogP contribution in [-0.4, -0.2) is 33.3 Å². The second kappa shape index (κ2) is 5.97. The average Bonchev–Trinajstić information content (AvgIpc) is 2.30. The average molecular weight is 224 g/mol. The number of nitrogens with two attached hydrogens (primary N) is 1. The molecule has 0 aliphatic carbocycles. The topological polar surface area (TPSA) is 73.6 Å². The van der Waals surface area contributed by atoms with Gasteiger partial charge in [0.2, 0.25) is 0 Å². The van der Waals surface area contributed by atoms with Crippen LogP contribution in [0.2, 0.25) is 0 Å². The Bertz CT molecular complexity index is 366. The third kappa shape index (κ3) is 2.87. The van der Waals surface area contributed by atoms with Crippen LogP contribution < -0.4 is 15.8 Å². The molecule has 1 aromatic rings. The van der Waals surface area contributed by atoms with Gasteiger partial charge in [-0.2, -0.15) is 0 Å². The van der Waals surface area contributed by atoms with Crippen LogP contribution in [0.5, 0.6) is 5.75 Å². The summed E-state index contributed by atoms with van der Waals surface area (Å²) >= 11 is 0. The summed E-state index contributed by atoms with van der Waals surface area (Å²) in [6.45, 7) is 0.802. The number of hydrogen-bond donors (Lipinski definition) is 2. The number of benzene rings is 1. The molecule has 1 aromatic carbocycles. The van der Waals surface area contributed by atoms with Crippen molar-refractivity contribution in [2.24, 2.45) is 0 Å². The molecule has 0 fully saturated rings. The van der Waals surface area contributed by atoms with Crippen LogP contribution in [0.4, 0.5) is 5.69 Å². The smallest absolute Gasteiger partial charge is 0.254 e. The molecule has 0 unspecified atom stereocenters. The van der Waals surface area contributed by atoms with Crippen LogP contribution >= 0.6 is 0 Å². The number of methoxy groups -OCH3 is 1. The molecule has 5 heteroatoms. The molecule has 1 amide bonds. The lowest BCUT2D eigenvalue weighted by Crippen LogP contribution is -2.20. The first kappa shape index (κ1) is 12.3. The second-order valence-corrected chi connectivity index (χ2v) is 3.14. The first-order valence-electron chi connectivity index (χ1n) is 4.93. The molecule has 16 heavy (non-hydrogen) atoms. The quantitative estimate of drug-likeness (QED) is 0.569. The number of carbonyl (C=O) groups is 1. The maximum Gasteiger partial charge on any atom is 0.254 e. The molecule has 0 saturated carbocycles. The van der Waals surface area contributed by atoms with Crippen molar-refractivity contribution in [1.29, 1.82) is 0 Å². The van der Waals surface area contributed by atoms with Gasteiger partial charge in [0.05, 0.1) is 17.9 Å². The van der Waals surface area contributed by atoms with E-state index in [1.165, 1.54) is 0 Å². The van der Waals surface area contributed by atoms with Gasteiger partial charge in [0.1, 0.15) is 6.61 Å². The summed E-state index contributed by atoms with van der Waals surface area (Å²) in [6, 6.07) is 5.06. The Morgan fingerprint density at radius 1 is 1.44 bits per heavy atom. The van der Waals surface area contributed by atoms with E-state index in [1.807, 2.05) is 0 Å². The van der Waals surface area contributed by atoms with E-state index in [0.717, 1.165) is 0 Å². The van der Waals surface area contributed by atoms with Crippen molar-refractivity contribution in [3.63, 3.8) is 0 Å². The van der Waals surface area contributed by atoms with Gasteiger partial charge in [0.25, 0.3) is 5.91 Å². The second-order valence-electron chi connectivity index (χ2n) is 3.14. The third-order valence-corrected chi connectivity index (χ3v) is 2.05. The summed E-state index contributed by atoms with van der Waals surface area (Å²) in [5, 5.41) is 2.53. The van der Waals surface area contributed by atoms with Gasteiger partial charge in [-0.25, -0.2) is 0 Å². The van der Waals surface area contributed by atoms with Gasteiger partial charge < -0.3 is 20.5 Å². The zero-order valence-corrected chi connectivity index (χ0v) is 9.45. The summed E-state index contributed by atoms with van der Waals surface area (Å²) in [6.07, 6.45) is 0. The molecule has 88 valence electrons. The summed E-state index contributed by atoms with van der Waals surface area (Å²) < 4.78 is 10.3. The van der Waals surface area contributed by atoms with E-state index >= 15 is 0 Å². The maximum absolute atomic E-state index is 11.5. The number of ether oxygens (including phenoxy) is 2. The van der Waals surface area contributed by atoms with E-state index in [9.17, 15) is 4.79 Å². The minimum Gasteiger partial charge on any atom is -0.488 e. The van der Waals surface area contributed by atoms with Gasteiger partial charge in [0, 0.05) is 14.2 Å². The zero-order valence-electron chi connectivity index (χ0n) is 9.45. The summed E-state index contributed by atoms with van der Waals surface area (Å²) in [4.78, 5) is 11.5. The van der Waals surface area contributed by atoms with Crippen molar-refractivity contribution < 1.29 is 14.3 Å². The van der Waals surface area contributed by atoms with Gasteiger partial charge in [-0.1, -0.05) is 6.07 Å². The van der Waals surface area contributed by atoms with E-state index in [2.05, 4.69) is 5.32 Å². The molecule has 0 atom stereocenters. The number of nitrogen functional groups attached to an aromatic ring is 1. The molecule has 0 aliphatic rings. The van der Waals surface area contributed by atoms with Crippen molar-refractivity contribution in [2.45, 2.75) is 0 Å². The lowest BCUT2D eigenvalue weighted by atomic mass is 10.1. The van der Waals surface area contributed by atoms with Crippen LogP contribution in [0.3, 0.4) is 0 Å². The normalized spacial score (nSPS) is 9.88. The highest BCUT2D eigenvalue weighted by Gasteiger charge is 2.13. The highest BCUT2D eigenvalue weighted by atomic mass is 16.5. The standard InChI is InChI=1S/C11H16N2O3/c1-13-11(14)8-4-3-5-9(12)10(8)16-7-6-15-2/h3-5H,6-7,12H2,1-2H3,(H,13,14). The van der Waals surface area contributed by atoms with E-state index in [4.69, 9.17) is 15.2 Å². The third-order valence-electron chi connectivity index (χ3n) is 2.05. The number of amides is 1. The molecule has 3 N–H and O–H groups in total. The minimum atomic E-state index is -0.222. The predicted molar refractivity (Wildman–Crippen MR) is 61.6 cm³/mol. The first-order chi connectivity index (χ1) is 7.70. The molecular formula is C11H16N2O3. The molecule has 0 bridgehead atoms. The van der Waals surface area contributed by atoms with E-state index in [0.29, 0.717) is 30.2 Å². The fraction of sp³-hybridized carbons (Fsp3) is 0.364. The molecule has 5 nitrogen and oxygen atoms in total. The van der Waals surface area contributed by atoms with Crippen LogP contribution in [0.15, 0.2) is 18.2 Å². The van der Waals surface area contributed by atoms with Gasteiger partial charge >= 0.3 is 0 Å². The van der Waals surface area contributed by atoms with Gasteiger partial charge in [-0.05, 0) is 12.1 Å². The monoisotopic (exact) mass is 224 g/mol. The number of anilines is 1. The van der Waals surface area contributed by atoms with Crippen molar-refractivity contribution in [2.75, 3.05) is 33.1 Å². The van der Waals surface area contributed by atoms with Crippen molar-refractivity contribution in [3.8, 4) is 5.75 Å². The number of para-hydroxylation sites is 1. The molecule has 1 rings (SSSR count). The predicted octanol–water partition coefficient (Wildman–Crippen LogP) is 0.654. The Morgan fingerprint density at radius 2 is 2.19 bits per heavy atom. The Balaban J connectivity index is 2.90. The highest BCUT2D eigenvalue weighted by molar-refractivity contribution is 5.98. The summed E-state index contributed by atoms with van der Waals surface area (Å²) in [7, 11) is 3.14. The SMILES string of the molecule is CNC(=O)c1cccc(N)c1OCCOC. The van der Waals surface area contributed by atoms with Crippen LogP contribution in [0.25, 0.3) is 0 Å². The molecule has 0 radical (unpaired) electrons. The number of carbonyl (C=O) groups excluding carboxylic acids is 1. The molecule has 0 saturated heterocycles. The van der Waals surface area contributed by atoms with E-state index in [1.54, 1.807) is 32.4 Å². The Hall–Kier alpha value is -1.75. The summed E-state index contributed by atoms with van der Waals surface area (Å²) in [5.41, 5.74) is 6.62. The molecule has 0 spiro atoms. The Kier molecular flexibility index (Phi) is 4.60. The summed E-state index contributed by atoms with van der Waals surface area (Å²) in [5.74, 6) is 0.179. The number of hydrogen-bond acceptors (Lipinski definition) is 4. The minimum absolute atomic E-state index is 0.222. The first-order valence-corrected chi connectivity index (χ1v) is 4.93. The van der Waals surface area contributed by atoms with Gasteiger partial charge in [-0.3, -0.25) is 4.79 Å². The van der Waals surface area contributed by atoms with Crippen molar-refractivity contribution in [1.82, 2.24) is 5.32 Å². The molecule has 0 aliphatic heterocycles. The largest absolute Gasteiger partial charge is 0.488 e. The van der Waals surface area contributed by atoms with Crippen LogP contribution in [0.1, 0.15) is 10.4 Å². The fourth-order valence-electron chi connectivity index (χ4n) is 1.26. The number of rotatable bonds is 5. The molecule has 0 aromatic heterocycles. The van der Waals surface area contributed by atoms with Gasteiger partial charge in [-0.15, -0.1) is 0 Å². The molecule has 0 heterocycles. The number of nitrogens with one attached hydrogen (secondary N) is 1. The van der Waals surface area contributed by atoms with E-state index in [-0.39, 0.29) is 5.91 Å². The van der Waals surface area contributed by atoms with Crippen LogP contribution in [-0.2, 0) is 4.74 Å². The highest BCUT2D eigenvalue weighted by Crippen LogP contribution is 2.26. The van der Waals surface area contributed by atoms with Crippen molar-refractivity contribution >= 4 is 11.6 Å². The lowest BCUT2D eigenvalue weighted by molar-refractivity contribution is 0.0955. The molecular weight excluding hydrogens is 208 g/mol. The van der Waals surface area contributed by atoms with Crippen molar-refractivity contribution in [3.05, 3.63) is 23.8 Å². The van der Waals surface area contributed by atoms with Crippen LogP contribution in [0, 0.1) is 0 Å². The van der Waals surface area contributed by atoms with Gasteiger partial charge in [0.15, 0.2) is 5.75 Å². The Labute approximate surface area is 94.5 Å². The zero-order chi connectivity index (χ0) is 12.0. The Morgan fingerprint density at radius 3 is 2.81 bits per heavy atom. The lowest BCUT2D eigenvalue weighted by Gasteiger charge is -2.12. The van der Waals surface area contributed by atoms with E-state index < -0.39 is 0 Å².